The maximum Gasteiger partial charge on any atom is 0.191 e. The van der Waals surface area contributed by atoms with E-state index in [-0.39, 0.29) is 5.82 Å². The Labute approximate surface area is 114 Å². The zero-order valence-corrected chi connectivity index (χ0v) is 11.8. The van der Waals surface area contributed by atoms with Crippen LogP contribution in [0.1, 0.15) is 18.1 Å². The molecule has 0 heterocycles. The Morgan fingerprint density at radius 1 is 1.37 bits per heavy atom. The number of nitrogens with zero attached hydrogens (tertiary/aromatic N) is 1. The van der Waals surface area contributed by atoms with E-state index < -0.39 is 0 Å². The highest BCUT2D eigenvalue weighted by Crippen LogP contribution is 2.08. The second kappa shape index (κ2) is 8.48. The van der Waals surface area contributed by atoms with Crippen LogP contribution in [0.4, 0.5) is 4.39 Å². The fourth-order valence-electron chi connectivity index (χ4n) is 1.61. The van der Waals surface area contributed by atoms with Crippen LogP contribution in [-0.4, -0.2) is 32.8 Å². The second-order valence-electron chi connectivity index (χ2n) is 4.13. The van der Waals surface area contributed by atoms with E-state index in [4.69, 9.17) is 4.74 Å². The summed E-state index contributed by atoms with van der Waals surface area (Å²) in [6.45, 7) is 6.39. The van der Waals surface area contributed by atoms with Crippen LogP contribution in [0.5, 0.6) is 0 Å². The Hall–Kier alpha value is -1.62. The van der Waals surface area contributed by atoms with Gasteiger partial charge in [0.1, 0.15) is 5.82 Å². The molecule has 2 N–H and O–H groups in total. The van der Waals surface area contributed by atoms with Crippen LogP contribution in [-0.2, 0) is 11.3 Å². The van der Waals surface area contributed by atoms with Crippen LogP contribution in [0, 0.1) is 12.7 Å². The minimum atomic E-state index is -0.178. The number of hydrogen-bond acceptors (Lipinski definition) is 2. The smallest absolute Gasteiger partial charge is 0.191 e. The van der Waals surface area contributed by atoms with Gasteiger partial charge in [0.2, 0.25) is 0 Å². The van der Waals surface area contributed by atoms with Crippen molar-refractivity contribution in [3.05, 3.63) is 35.1 Å². The molecule has 5 heteroatoms. The van der Waals surface area contributed by atoms with E-state index in [9.17, 15) is 4.39 Å². The lowest BCUT2D eigenvalue weighted by atomic mass is 10.1. The molecule has 0 aliphatic carbocycles. The van der Waals surface area contributed by atoms with Gasteiger partial charge < -0.3 is 15.4 Å². The molecule has 0 amide bonds. The van der Waals surface area contributed by atoms with Crippen molar-refractivity contribution in [3.8, 4) is 0 Å². The number of guanidine groups is 1. The van der Waals surface area contributed by atoms with Gasteiger partial charge >= 0.3 is 0 Å². The van der Waals surface area contributed by atoms with Crippen molar-refractivity contribution < 1.29 is 9.13 Å². The molecular formula is C14H22FN3O. The average Bonchev–Trinajstić information content (AvgIpc) is 2.42. The minimum absolute atomic E-state index is 0.178. The van der Waals surface area contributed by atoms with Crippen molar-refractivity contribution in [1.82, 2.24) is 10.6 Å². The van der Waals surface area contributed by atoms with Gasteiger partial charge in [-0.15, -0.1) is 0 Å². The number of aliphatic imine (C=N–C) groups is 1. The van der Waals surface area contributed by atoms with Gasteiger partial charge in [0, 0.05) is 26.7 Å². The van der Waals surface area contributed by atoms with Gasteiger partial charge in [0.15, 0.2) is 5.96 Å². The predicted octanol–water partition coefficient (Wildman–Crippen LogP) is 1.84. The number of hydrogen-bond donors (Lipinski definition) is 2. The zero-order valence-electron chi connectivity index (χ0n) is 11.8. The minimum Gasteiger partial charge on any atom is -0.380 e. The average molecular weight is 267 g/mol. The lowest BCUT2D eigenvalue weighted by Gasteiger charge is -2.12. The largest absolute Gasteiger partial charge is 0.380 e. The Kier molecular flexibility index (Phi) is 6.89. The second-order valence-corrected chi connectivity index (χ2v) is 4.13. The lowest BCUT2D eigenvalue weighted by Crippen LogP contribution is -2.38. The Morgan fingerprint density at radius 3 is 2.79 bits per heavy atom. The number of halogens is 1. The van der Waals surface area contributed by atoms with E-state index >= 15 is 0 Å². The summed E-state index contributed by atoms with van der Waals surface area (Å²) in [7, 11) is 1.71. The lowest BCUT2D eigenvalue weighted by molar-refractivity contribution is 0.152. The van der Waals surface area contributed by atoms with E-state index in [1.807, 2.05) is 13.0 Å². The van der Waals surface area contributed by atoms with Gasteiger partial charge in [0.25, 0.3) is 0 Å². The van der Waals surface area contributed by atoms with E-state index in [1.54, 1.807) is 20.0 Å². The molecule has 4 nitrogen and oxygen atoms in total. The Balaban J connectivity index is 2.38. The molecule has 0 bridgehead atoms. The summed E-state index contributed by atoms with van der Waals surface area (Å²) in [6.07, 6.45) is 0. The van der Waals surface area contributed by atoms with Crippen LogP contribution < -0.4 is 10.6 Å². The predicted molar refractivity (Wildman–Crippen MR) is 75.8 cm³/mol. The number of ether oxygens (including phenoxy) is 1. The fourth-order valence-corrected chi connectivity index (χ4v) is 1.61. The summed E-state index contributed by atoms with van der Waals surface area (Å²) in [5, 5.41) is 6.31. The van der Waals surface area contributed by atoms with Crippen molar-refractivity contribution >= 4 is 5.96 Å². The fraction of sp³-hybridized carbons (Fsp3) is 0.500. The zero-order chi connectivity index (χ0) is 14.1. The van der Waals surface area contributed by atoms with E-state index in [0.29, 0.717) is 37.8 Å². The van der Waals surface area contributed by atoms with Crippen molar-refractivity contribution in [2.45, 2.75) is 20.4 Å². The van der Waals surface area contributed by atoms with Crippen LogP contribution in [0.2, 0.25) is 0 Å². The molecule has 0 aliphatic rings. The molecule has 1 rings (SSSR count). The molecule has 0 fully saturated rings. The molecule has 0 radical (unpaired) electrons. The monoisotopic (exact) mass is 267 g/mol. The number of rotatable bonds is 6. The first kappa shape index (κ1) is 15.4. The number of benzene rings is 1. The summed E-state index contributed by atoms with van der Waals surface area (Å²) < 4.78 is 18.4. The molecule has 0 spiro atoms. The van der Waals surface area contributed by atoms with Gasteiger partial charge in [0.05, 0.1) is 6.61 Å². The third-order valence-corrected chi connectivity index (χ3v) is 2.65. The van der Waals surface area contributed by atoms with Crippen molar-refractivity contribution in [1.29, 1.82) is 0 Å². The molecular weight excluding hydrogens is 245 g/mol. The highest BCUT2D eigenvalue weighted by atomic mass is 19.1. The Bertz CT molecular complexity index is 421. The van der Waals surface area contributed by atoms with E-state index in [0.717, 1.165) is 5.56 Å². The summed E-state index contributed by atoms with van der Waals surface area (Å²) in [5.41, 5.74) is 1.67. The molecule has 0 aliphatic heterocycles. The van der Waals surface area contributed by atoms with E-state index in [1.165, 1.54) is 6.07 Å². The van der Waals surface area contributed by atoms with Crippen LogP contribution in [0.3, 0.4) is 0 Å². The van der Waals surface area contributed by atoms with Crippen molar-refractivity contribution in [3.63, 3.8) is 0 Å². The maximum atomic E-state index is 13.1. The van der Waals surface area contributed by atoms with Crippen molar-refractivity contribution in [2.75, 3.05) is 26.8 Å². The van der Waals surface area contributed by atoms with Crippen LogP contribution >= 0.6 is 0 Å². The maximum absolute atomic E-state index is 13.1. The molecule has 0 unspecified atom stereocenters. The molecule has 0 saturated heterocycles. The molecule has 1 aromatic carbocycles. The highest BCUT2D eigenvalue weighted by Gasteiger charge is 2.01. The van der Waals surface area contributed by atoms with Gasteiger partial charge in [-0.05, 0) is 31.0 Å². The molecule has 0 atom stereocenters. The Morgan fingerprint density at radius 2 is 2.16 bits per heavy atom. The molecule has 19 heavy (non-hydrogen) atoms. The summed E-state index contributed by atoms with van der Waals surface area (Å²) in [4.78, 5) is 4.11. The molecule has 106 valence electrons. The molecule has 0 aromatic heterocycles. The third kappa shape index (κ3) is 5.70. The van der Waals surface area contributed by atoms with Crippen LogP contribution in [0.15, 0.2) is 23.2 Å². The van der Waals surface area contributed by atoms with Crippen LogP contribution in [0.25, 0.3) is 0 Å². The first-order valence-corrected chi connectivity index (χ1v) is 6.44. The summed E-state index contributed by atoms with van der Waals surface area (Å²) in [6, 6.07) is 5.08. The number of aryl methyl sites for hydroxylation is 1. The summed E-state index contributed by atoms with van der Waals surface area (Å²) in [5.74, 6) is 0.532. The SMILES string of the molecule is CCOCCNC(=NC)NCc1ccc(F)c(C)c1. The van der Waals surface area contributed by atoms with Crippen molar-refractivity contribution in [2.24, 2.45) is 4.99 Å². The third-order valence-electron chi connectivity index (χ3n) is 2.65. The summed E-state index contributed by atoms with van der Waals surface area (Å²) >= 11 is 0. The molecule has 0 saturated carbocycles. The topological polar surface area (TPSA) is 45.6 Å². The quantitative estimate of drug-likeness (QED) is 0.469. The highest BCUT2D eigenvalue weighted by molar-refractivity contribution is 5.79. The van der Waals surface area contributed by atoms with Gasteiger partial charge in [-0.25, -0.2) is 4.39 Å². The van der Waals surface area contributed by atoms with Gasteiger partial charge in [-0.1, -0.05) is 12.1 Å². The molecule has 1 aromatic rings. The number of nitrogens with one attached hydrogen (secondary N) is 2. The first-order valence-electron chi connectivity index (χ1n) is 6.44. The standard InChI is InChI=1S/C14H22FN3O/c1-4-19-8-7-17-14(16-3)18-10-12-5-6-13(15)11(2)9-12/h5-6,9H,4,7-8,10H2,1-3H3,(H2,16,17,18). The van der Waals surface area contributed by atoms with Gasteiger partial charge in [-0.2, -0.15) is 0 Å². The van der Waals surface area contributed by atoms with E-state index in [2.05, 4.69) is 15.6 Å². The first-order chi connectivity index (χ1) is 9.17. The van der Waals surface area contributed by atoms with Gasteiger partial charge in [-0.3, -0.25) is 4.99 Å². The normalized spacial score (nSPS) is 11.5.